The highest BCUT2D eigenvalue weighted by molar-refractivity contribution is 9.09. The van der Waals surface area contributed by atoms with Gasteiger partial charge in [-0.3, -0.25) is 9.59 Å². The lowest BCUT2D eigenvalue weighted by Crippen LogP contribution is -2.40. The standard InChI is InChI=1S/C16H16BrNO3/c1-7-2-4-8(5-3-7)18-15(19)11-9-6-10-12(11)16(20)21-14(10)13(9)17/h2-5,9-14H,6H2,1H3,(H,18,19)/t9-,10+,11-,12-,13+,14-/m0/s1. The van der Waals surface area contributed by atoms with E-state index in [-0.39, 0.29) is 46.5 Å². The zero-order valence-electron chi connectivity index (χ0n) is 11.6. The first-order valence-electron chi connectivity index (χ1n) is 7.28. The maximum Gasteiger partial charge on any atom is 0.310 e. The number of hydrogen-bond donors (Lipinski definition) is 1. The zero-order valence-corrected chi connectivity index (χ0v) is 13.2. The molecule has 0 spiro atoms. The summed E-state index contributed by atoms with van der Waals surface area (Å²) in [4.78, 5) is 24.8. The fraction of sp³-hybridized carbons (Fsp3) is 0.500. The second kappa shape index (κ2) is 4.57. The molecule has 4 rings (SSSR count). The molecule has 3 aliphatic rings. The normalized spacial score (nSPS) is 39.4. The van der Waals surface area contributed by atoms with E-state index in [9.17, 15) is 9.59 Å². The van der Waals surface area contributed by atoms with Crippen LogP contribution in [0, 0.1) is 30.6 Å². The van der Waals surface area contributed by atoms with Crippen molar-refractivity contribution in [3.8, 4) is 0 Å². The van der Waals surface area contributed by atoms with Crippen molar-refractivity contribution >= 4 is 33.5 Å². The lowest BCUT2D eigenvalue weighted by molar-refractivity contribution is -0.145. The Hall–Kier alpha value is -1.36. The minimum absolute atomic E-state index is 0.0316. The first kappa shape index (κ1) is 13.3. The maximum absolute atomic E-state index is 12.6. The van der Waals surface area contributed by atoms with Gasteiger partial charge in [0.1, 0.15) is 6.10 Å². The molecule has 4 nitrogen and oxygen atoms in total. The van der Waals surface area contributed by atoms with Crippen LogP contribution in [0.2, 0.25) is 0 Å². The van der Waals surface area contributed by atoms with Crippen molar-refractivity contribution in [2.75, 3.05) is 5.32 Å². The highest BCUT2D eigenvalue weighted by Gasteiger charge is 2.67. The average Bonchev–Trinajstić information content (AvgIpc) is 3.05. The van der Waals surface area contributed by atoms with Gasteiger partial charge in [-0.05, 0) is 31.4 Å². The van der Waals surface area contributed by atoms with Crippen LogP contribution in [0.4, 0.5) is 5.69 Å². The molecule has 0 aromatic heterocycles. The van der Waals surface area contributed by atoms with Crippen LogP contribution in [-0.4, -0.2) is 22.8 Å². The molecule has 0 unspecified atom stereocenters. The molecule has 2 bridgehead atoms. The summed E-state index contributed by atoms with van der Waals surface area (Å²) in [7, 11) is 0. The maximum atomic E-state index is 12.6. The Bertz CT molecular complexity index is 614. The molecule has 1 aromatic carbocycles. The molecule has 5 heteroatoms. The summed E-state index contributed by atoms with van der Waals surface area (Å²) in [6, 6.07) is 7.71. The van der Waals surface area contributed by atoms with Crippen LogP contribution in [0.3, 0.4) is 0 Å². The molecule has 2 saturated carbocycles. The number of hydrogen-bond acceptors (Lipinski definition) is 3. The lowest BCUT2D eigenvalue weighted by Gasteiger charge is -2.27. The molecule has 1 heterocycles. The van der Waals surface area contributed by atoms with E-state index in [1.165, 1.54) is 0 Å². The number of carbonyl (C=O) groups excluding carboxylic acids is 2. The smallest absolute Gasteiger partial charge is 0.310 e. The van der Waals surface area contributed by atoms with Gasteiger partial charge in [0.05, 0.1) is 16.7 Å². The van der Waals surface area contributed by atoms with Crippen LogP contribution < -0.4 is 5.32 Å². The van der Waals surface area contributed by atoms with Crippen molar-refractivity contribution in [3.05, 3.63) is 29.8 Å². The number of ether oxygens (including phenoxy) is 1. The summed E-state index contributed by atoms with van der Waals surface area (Å²) < 4.78 is 5.43. The van der Waals surface area contributed by atoms with Gasteiger partial charge in [0, 0.05) is 11.6 Å². The molecule has 1 aliphatic heterocycles. The first-order chi connectivity index (χ1) is 10.1. The number of fused-ring (bicyclic) bond motifs is 1. The average molecular weight is 350 g/mol. The van der Waals surface area contributed by atoms with E-state index in [1.54, 1.807) is 0 Å². The monoisotopic (exact) mass is 349 g/mol. The number of benzene rings is 1. The zero-order chi connectivity index (χ0) is 14.7. The van der Waals surface area contributed by atoms with Gasteiger partial charge in [-0.2, -0.15) is 0 Å². The quantitative estimate of drug-likeness (QED) is 0.659. The summed E-state index contributed by atoms with van der Waals surface area (Å²) in [5, 5.41) is 2.95. The highest BCUT2D eigenvalue weighted by Crippen LogP contribution is 2.60. The second-order valence-corrected chi connectivity index (χ2v) is 7.37. The fourth-order valence-corrected chi connectivity index (χ4v) is 5.24. The number of esters is 1. The third-order valence-corrected chi connectivity index (χ3v) is 6.34. The van der Waals surface area contributed by atoms with Gasteiger partial charge in [0.15, 0.2) is 0 Å². The van der Waals surface area contributed by atoms with Gasteiger partial charge in [0.2, 0.25) is 5.91 Å². The second-order valence-electron chi connectivity index (χ2n) is 6.32. The number of rotatable bonds is 2. The van der Waals surface area contributed by atoms with E-state index in [4.69, 9.17) is 4.74 Å². The largest absolute Gasteiger partial charge is 0.461 e. The van der Waals surface area contributed by atoms with Crippen molar-refractivity contribution in [1.82, 2.24) is 0 Å². The highest BCUT2D eigenvalue weighted by atomic mass is 79.9. The van der Waals surface area contributed by atoms with Crippen LogP contribution in [0.1, 0.15) is 12.0 Å². The lowest BCUT2D eigenvalue weighted by atomic mass is 9.79. The van der Waals surface area contributed by atoms with Crippen LogP contribution in [0.5, 0.6) is 0 Å². The Morgan fingerprint density at radius 2 is 2.00 bits per heavy atom. The van der Waals surface area contributed by atoms with E-state index in [2.05, 4.69) is 21.2 Å². The molecule has 21 heavy (non-hydrogen) atoms. The number of nitrogens with one attached hydrogen (secondary N) is 1. The van der Waals surface area contributed by atoms with Gasteiger partial charge < -0.3 is 10.1 Å². The minimum Gasteiger partial charge on any atom is -0.461 e. The van der Waals surface area contributed by atoms with Crippen molar-refractivity contribution in [1.29, 1.82) is 0 Å². The van der Waals surface area contributed by atoms with Gasteiger partial charge in [-0.15, -0.1) is 0 Å². The fourth-order valence-electron chi connectivity index (χ4n) is 4.19. The summed E-state index contributed by atoms with van der Waals surface area (Å²) in [5.74, 6) is -0.370. The van der Waals surface area contributed by atoms with Crippen LogP contribution in [-0.2, 0) is 14.3 Å². The van der Waals surface area contributed by atoms with Crippen molar-refractivity contribution in [3.63, 3.8) is 0 Å². The summed E-state index contributed by atoms with van der Waals surface area (Å²) in [5.41, 5.74) is 1.93. The summed E-state index contributed by atoms with van der Waals surface area (Å²) in [6.45, 7) is 2.01. The molecular weight excluding hydrogens is 334 g/mol. The minimum atomic E-state index is -0.271. The molecule has 1 N–H and O–H groups in total. The van der Waals surface area contributed by atoms with Crippen LogP contribution in [0.15, 0.2) is 24.3 Å². The Morgan fingerprint density at radius 3 is 2.71 bits per heavy atom. The number of aryl methyl sites for hydroxylation is 1. The van der Waals surface area contributed by atoms with Gasteiger partial charge in [-0.25, -0.2) is 0 Å². The molecule has 1 amide bonds. The predicted molar refractivity (Wildman–Crippen MR) is 81.0 cm³/mol. The Kier molecular flexibility index (Phi) is 2.89. The molecule has 3 fully saturated rings. The third-order valence-electron chi connectivity index (χ3n) is 5.14. The third kappa shape index (κ3) is 1.86. The number of alkyl halides is 1. The predicted octanol–water partition coefficient (Wildman–Crippen LogP) is 2.50. The summed E-state index contributed by atoms with van der Waals surface area (Å²) in [6.07, 6.45) is 0.874. The Balaban J connectivity index is 1.57. The number of halogens is 1. The summed E-state index contributed by atoms with van der Waals surface area (Å²) >= 11 is 3.62. The van der Waals surface area contributed by atoms with E-state index < -0.39 is 0 Å². The van der Waals surface area contributed by atoms with Crippen molar-refractivity contribution in [2.24, 2.45) is 23.7 Å². The molecular formula is C16H16BrNO3. The molecule has 1 aromatic rings. The number of carbonyl (C=O) groups is 2. The molecule has 6 atom stereocenters. The molecule has 110 valence electrons. The molecule has 0 radical (unpaired) electrons. The van der Waals surface area contributed by atoms with Gasteiger partial charge in [-0.1, -0.05) is 33.6 Å². The molecule has 1 saturated heterocycles. The van der Waals surface area contributed by atoms with Crippen molar-refractivity contribution in [2.45, 2.75) is 24.3 Å². The van der Waals surface area contributed by atoms with E-state index >= 15 is 0 Å². The Labute approximate surface area is 131 Å². The van der Waals surface area contributed by atoms with E-state index in [0.717, 1.165) is 17.7 Å². The first-order valence-corrected chi connectivity index (χ1v) is 8.20. The number of amides is 1. The van der Waals surface area contributed by atoms with Crippen LogP contribution >= 0.6 is 15.9 Å². The van der Waals surface area contributed by atoms with Gasteiger partial charge in [0.25, 0.3) is 0 Å². The van der Waals surface area contributed by atoms with E-state index in [0.29, 0.717) is 0 Å². The number of anilines is 1. The SMILES string of the molecule is Cc1ccc(NC(=O)[C@H]2[C@@H]3C[C@H]4[C@H](OC(=O)[C@@H]42)[C@@H]3Br)cc1. The van der Waals surface area contributed by atoms with E-state index in [1.807, 2.05) is 31.2 Å². The van der Waals surface area contributed by atoms with Crippen LogP contribution in [0.25, 0.3) is 0 Å². The molecule has 2 aliphatic carbocycles. The van der Waals surface area contributed by atoms with Gasteiger partial charge >= 0.3 is 5.97 Å². The van der Waals surface area contributed by atoms with Crippen molar-refractivity contribution < 1.29 is 14.3 Å². The Morgan fingerprint density at radius 1 is 1.29 bits per heavy atom. The topological polar surface area (TPSA) is 55.4 Å².